The van der Waals surface area contributed by atoms with Crippen LogP contribution in [-0.2, 0) is 0 Å². The number of hydrogen-bond donors (Lipinski definition) is 2. The van der Waals surface area contributed by atoms with Crippen molar-refractivity contribution in [1.82, 2.24) is 5.32 Å². The SMILES string of the molecule is C[C@@H](NC[C@H](O)COc1cccc2ccccc12)C(F)(F)F. The Hall–Kier alpha value is -1.79. The van der Waals surface area contributed by atoms with E-state index in [9.17, 15) is 18.3 Å². The van der Waals surface area contributed by atoms with Crippen LogP contribution < -0.4 is 10.1 Å². The Morgan fingerprint density at radius 2 is 1.82 bits per heavy atom. The predicted octanol–water partition coefficient (Wildman–Crippen LogP) is 3.12. The number of nitrogens with one attached hydrogen (secondary N) is 1. The van der Waals surface area contributed by atoms with E-state index in [0.29, 0.717) is 5.75 Å². The minimum absolute atomic E-state index is 0.0778. The lowest BCUT2D eigenvalue weighted by molar-refractivity contribution is -0.152. The van der Waals surface area contributed by atoms with Gasteiger partial charge in [-0.2, -0.15) is 13.2 Å². The van der Waals surface area contributed by atoms with Crippen molar-refractivity contribution in [3.63, 3.8) is 0 Å². The highest BCUT2D eigenvalue weighted by Crippen LogP contribution is 2.25. The summed E-state index contributed by atoms with van der Waals surface area (Å²) in [5.41, 5.74) is 0. The van der Waals surface area contributed by atoms with Crippen molar-refractivity contribution in [2.45, 2.75) is 25.2 Å². The summed E-state index contributed by atoms with van der Waals surface area (Å²) in [6.07, 6.45) is -5.35. The van der Waals surface area contributed by atoms with Gasteiger partial charge in [-0.1, -0.05) is 36.4 Å². The second-order valence-electron chi connectivity index (χ2n) is 5.11. The number of benzene rings is 2. The van der Waals surface area contributed by atoms with Crippen LogP contribution in [0.3, 0.4) is 0 Å². The number of aliphatic hydroxyl groups is 1. The van der Waals surface area contributed by atoms with Crippen molar-refractivity contribution in [1.29, 1.82) is 0 Å². The molecular weight excluding hydrogens is 295 g/mol. The summed E-state index contributed by atoms with van der Waals surface area (Å²) in [5, 5.41) is 13.9. The summed E-state index contributed by atoms with van der Waals surface area (Å²) >= 11 is 0. The Balaban J connectivity index is 1.89. The smallest absolute Gasteiger partial charge is 0.403 e. The van der Waals surface area contributed by atoms with Crippen LogP contribution >= 0.6 is 0 Å². The summed E-state index contributed by atoms with van der Waals surface area (Å²) in [7, 11) is 0. The normalized spacial score (nSPS) is 14.8. The molecule has 2 rings (SSSR count). The van der Waals surface area contributed by atoms with Gasteiger partial charge in [-0.15, -0.1) is 0 Å². The number of halogens is 3. The maximum atomic E-state index is 12.3. The molecule has 0 amide bonds. The van der Waals surface area contributed by atoms with E-state index in [1.165, 1.54) is 0 Å². The van der Waals surface area contributed by atoms with Crippen LogP contribution in [0.1, 0.15) is 6.92 Å². The fraction of sp³-hybridized carbons (Fsp3) is 0.375. The summed E-state index contributed by atoms with van der Waals surface area (Å²) in [5.74, 6) is 0.598. The van der Waals surface area contributed by atoms with Crippen LogP contribution in [0.25, 0.3) is 10.8 Å². The molecule has 2 N–H and O–H groups in total. The fourth-order valence-corrected chi connectivity index (χ4v) is 1.99. The van der Waals surface area contributed by atoms with Crippen LogP contribution in [0.15, 0.2) is 42.5 Å². The topological polar surface area (TPSA) is 41.5 Å². The number of aliphatic hydroxyl groups excluding tert-OH is 1. The molecule has 0 unspecified atom stereocenters. The lowest BCUT2D eigenvalue weighted by atomic mass is 10.1. The first kappa shape index (κ1) is 16.6. The van der Waals surface area contributed by atoms with Gasteiger partial charge in [0.1, 0.15) is 24.5 Å². The van der Waals surface area contributed by atoms with Gasteiger partial charge in [-0.05, 0) is 18.4 Å². The van der Waals surface area contributed by atoms with E-state index in [1.807, 2.05) is 36.4 Å². The van der Waals surface area contributed by atoms with Crippen molar-refractivity contribution in [2.24, 2.45) is 0 Å². The predicted molar refractivity (Wildman–Crippen MR) is 79.0 cm³/mol. The molecule has 3 nitrogen and oxygen atoms in total. The first-order valence-electron chi connectivity index (χ1n) is 6.96. The van der Waals surface area contributed by atoms with E-state index in [-0.39, 0.29) is 13.2 Å². The molecule has 0 fully saturated rings. The molecule has 2 aromatic carbocycles. The van der Waals surface area contributed by atoms with E-state index in [2.05, 4.69) is 5.32 Å². The zero-order valence-electron chi connectivity index (χ0n) is 12.1. The summed E-state index contributed by atoms with van der Waals surface area (Å²) < 4.78 is 42.6. The Bertz CT molecular complexity index is 610. The van der Waals surface area contributed by atoms with Gasteiger partial charge in [0.2, 0.25) is 0 Å². The Morgan fingerprint density at radius 1 is 1.14 bits per heavy atom. The Kier molecular flexibility index (Phi) is 5.26. The third-order valence-corrected chi connectivity index (χ3v) is 3.33. The number of hydrogen-bond acceptors (Lipinski definition) is 3. The molecule has 2 aromatic rings. The number of alkyl halides is 3. The monoisotopic (exact) mass is 313 g/mol. The molecule has 0 saturated heterocycles. The van der Waals surface area contributed by atoms with Gasteiger partial charge in [0.05, 0.1) is 0 Å². The van der Waals surface area contributed by atoms with Gasteiger partial charge in [-0.3, -0.25) is 0 Å². The average Bonchev–Trinajstić information content (AvgIpc) is 2.49. The van der Waals surface area contributed by atoms with Gasteiger partial charge in [0.25, 0.3) is 0 Å². The molecule has 2 atom stereocenters. The molecule has 6 heteroatoms. The molecule has 120 valence electrons. The van der Waals surface area contributed by atoms with Gasteiger partial charge in [0, 0.05) is 11.9 Å². The summed E-state index contributed by atoms with van der Waals surface area (Å²) in [4.78, 5) is 0. The molecule has 0 bridgehead atoms. The largest absolute Gasteiger partial charge is 0.490 e. The maximum absolute atomic E-state index is 12.3. The second-order valence-corrected chi connectivity index (χ2v) is 5.11. The standard InChI is InChI=1S/C16H18F3NO2/c1-11(16(17,18)19)20-9-13(21)10-22-15-8-4-6-12-5-2-3-7-14(12)15/h2-8,11,13,20-21H,9-10H2,1H3/t11-,13+/m1/s1. The van der Waals surface area contributed by atoms with E-state index >= 15 is 0 Å². The highest BCUT2D eigenvalue weighted by molar-refractivity contribution is 5.88. The molecule has 0 aromatic heterocycles. The molecule has 0 aliphatic heterocycles. The van der Waals surface area contributed by atoms with Crippen molar-refractivity contribution in [2.75, 3.05) is 13.2 Å². The third kappa shape index (κ3) is 4.35. The van der Waals surface area contributed by atoms with Crippen molar-refractivity contribution in [3.05, 3.63) is 42.5 Å². The first-order chi connectivity index (χ1) is 10.4. The molecule has 22 heavy (non-hydrogen) atoms. The first-order valence-corrected chi connectivity index (χ1v) is 6.96. The highest BCUT2D eigenvalue weighted by atomic mass is 19.4. The van der Waals surface area contributed by atoms with E-state index in [4.69, 9.17) is 4.74 Å². The zero-order valence-corrected chi connectivity index (χ0v) is 12.1. The zero-order chi connectivity index (χ0) is 16.2. The van der Waals surface area contributed by atoms with Gasteiger partial charge in [0.15, 0.2) is 0 Å². The quantitative estimate of drug-likeness (QED) is 0.861. The minimum atomic E-state index is -4.32. The Labute approximate surface area is 126 Å². The molecule has 0 radical (unpaired) electrons. The lowest BCUT2D eigenvalue weighted by Gasteiger charge is -2.20. The lowest BCUT2D eigenvalue weighted by Crippen LogP contribution is -2.44. The number of rotatable bonds is 6. The molecule has 0 aliphatic carbocycles. The Morgan fingerprint density at radius 3 is 2.55 bits per heavy atom. The molecule has 0 heterocycles. The second kappa shape index (κ2) is 6.98. The minimum Gasteiger partial charge on any atom is -0.490 e. The van der Waals surface area contributed by atoms with E-state index in [0.717, 1.165) is 17.7 Å². The summed E-state index contributed by atoms with van der Waals surface area (Å²) in [6.45, 7) is 0.745. The van der Waals surface area contributed by atoms with Gasteiger partial charge < -0.3 is 15.2 Å². The van der Waals surface area contributed by atoms with Crippen molar-refractivity contribution < 1.29 is 23.0 Å². The van der Waals surface area contributed by atoms with E-state index in [1.54, 1.807) is 6.07 Å². The third-order valence-electron chi connectivity index (χ3n) is 3.33. The number of ether oxygens (including phenoxy) is 1. The van der Waals surface area contributed by atoms with Gasteiger partial charge >= 0.3 is 6.18 Å². The van der Waals surface area contributed by atoms with Crippen LogP contribution in [0.5, 0.6) is 5.75 Å². The highest BCUT2D eigenvalue weighted by Gasteiger charge is 2.35. The molecule has 0 spiro atoms. The molecule has 0 aliphatic rings. The number of fused-ring (bicyclic) bond motifs is 1. The van der Waals surface area contributed by atoms with Crippen molar-refractivity contribution in [3.8, 4) is 5.75 Å². The van der Waals surface area contributed by atoms with E-state index < -0.39 is 18.3 Å². The maximum Gasteiger partial charge on any atom is 0.403 e. The van der Waals surface area contributed by atoms with Crippen LogP contribution in [0.4, 0.5) is 13.2 Å². The van der Waals surface area contributed by atoms with Crippen LogP contribution in [-0.4, -0.2) is 36.6 Å². The average molecular weight is 313 g/mol. The molecular formula is C16H18F3NO2. The fourth-order valence-electron chi connectivity index (χ4n) is 1.99. The van der Waals surface area contributed by atoms with Crippen LogP contribution in [0.2, 0.25) is 0 Å². The van der Waals surface area contributed by atoms with Crippen molar-refractivity contribution >= 4 is 10.8 Å². The van der Waals surface area contributed by atoms with Gasteiger partial charge in [-0.25, -0.2) is 0 Å². The van der Waals surface area contributed by atoms with Crippen LogP contribution in [0, 0.1) is 0 Å². The molecule has 0 saturated carbocycles. The summed E-state index contributed by atoms with van der Waals surface area (Å²) in [6, 6.07) is 11.5.